The summed E-state index contributed by atoms with van der Waals surface area (Å²) in [5.41, 5.74) is -0.820. The molecule has 0 unspecified atom stereocenters. The summed E-state index contributed by atoms with van der Waals surface area (Å²) < 4.78 is 10.3. The van der Waals surface area contributed by atoms with E-state index in [2.05, 4.69) is 5.32 Å². The fourth-order valence-electron chi connectivity index (χ4n) is 2.89. The number of amides is 1. The Bertz CT molecular complexity index is 933. The Labute approximate surface area is 168 Å². The van der Waals surface area contributed by atoms with Gasteiger partial charge in [0.15, 0.2) is 6.61 Å². The number of carbonyl (C=O) groups excluding carboxylic acids is 2. The molecule has 3 aromatic rings. The Hall–Kier alpha value is -3.64. The maximum absolute atomic E-state index is 12.9. The molecular weight excluding hydrogens is 370 g/mol. The first-order valence-corrected chi connectivity index (χ1v) is 8.98. The number of hydrogen-bond donors (Lipinski definition) is 2. The van der Waals surface area contributed by atoms with Gasteiger partial charge in [0.1, 0.15) is 5.75 Å². The van der Waals surface area contributed by atoms with Crippen molar-refractivity contribution < 1.29 is 24.2 Å². The Morgan fingerprint density at radius 3 is 2.03 bits per heavy atom. The minimum Gasteiger partial charge on any atom is -0.497 e. The number of esters is 1. The first-order valence-electron chi connectivity index (χ1n) is 8.98. The molecule has 0 saturated heterocycles. The molecule has 0 saturated carbocycles. The maximum atomic E-state index is 12.9. The fraction of sp³-hybridized carbons (Fsp3) is 0.130. The highest BCUT2D eigenvalue weighted by atomic mass is 16.6. The second kappa shape index (κ2) is 9.03. The Kier molecular flexibility index (Phi) is 6.26. The van der Waals surface area contributed by atoms with Crippen LogP contribution in [0.15, 0.2) is 84.9 Å². The van der Waals surface area contributed by atoms with Gasteiger partial charge in [-0.2, -0.15) is 0 Å². The van der Waals surface area contributed by atoms with E-state index >= 15 is 0 Å². The third-order valence-corrected chi connectivity index (χ3v) is 4.37. The number of hydrogen-bond acceptors (Lipinski definition) is 5. The van der Waals surface area contributed by atoms with Crippen LogP contribution in [-0.2, 0) is 19.9 Å². The zero-order valence-electron chi connectivity index (χ0n) is 15.9. The summed E-state index contributed by atoms with van der Waals surface area (Å²) in [6.45, 7) is -0.544. The van der Waals surface area contributed by atoms with Crippen LogP contribution in [0.4, 0.5) is 5.69 Å². The predicted octanol–water partition coefficient (Wildman–Crippen LogP) is 3.11. The maximum Gasteiger partial charge on any atom is 0.348 e. The Balaban J connectivity index is 1.74. The van der Waals surface area contributed by atoms with Gasteiger partial charge in [0.2, 0.25) is 5.60 Å². The van der Waals surface area contributed by atoms with Gasteiger partial charge in [-0.05, 0) is 23.3 Å². The Morgan fingerprint density at radius 1 is 0.897 bits per heavy atom. The van der Waals surface area contributed by atoms with E-state index in [4.69, 9.17) is 9.47 Å². The molecule has 3 aromatic carbocycles. The van der Waals surface area contributed by atoms with Crippen LogP contribution in [0, 0.1) is 0 Å². The van der Waals surface area contributed by atoms with Gasteiger partial charge < -0.3 is 19.9 Å². The van der Waals surface area contributed by atoms with E-state index in [9.17, 15) is 14.7 Å². The molecule has 0 spiro atoms. The Morgan fingerprint density at radius 2 is 1.48 bits per heavy atom. The molecule has 0 aliphatic heterocycles. The highest BCUT2D eigenvalue weighted by Gasteiger charge is 2.41. The van der Waals surface area contributed by atoms with Crippen molar-refractivity contribution in [2.45, 2.75) is 5.60 Å². The molecule has 0 bridgehead atoms. The average Bonchev–Trinajstić information content (AvgIpc) is 2.78. The largest absolute Gasteiger partial charge is 0.497 e. The van der Waals surface area contributed by atoms with Crippen molar-refractivity contribution in [2.24, 2.45) is 0 Å². The van der Waals surface area contributed by atoms with Crippen LogP contribution >= 0.6 is 0 Å². The number of methoxy groups -OCH3 is 1. The van der Waals surface area contributed by atoms with Crippen LogP contribution < -0.4 is 10.1 Å². The molecule has 0 radical (unpaired) electrons. The molecule has 0 aliphatic rings. The lowest BCUT2D eigenvalue weighted by Crippen LogP contribution is -2.39. The lowest BCUT2D eigenvalue weighted by Gasteiger charge is -2.26. The van der Waals surface area contributed by atoms with E-state index < -0.39 is 24.1 Å². The smallest absolute Gasteiger partial charge is 0.348 e. The van der Waals surface area contributed by atoms with Gasteiger partial charge in [-0.1, -0.05) is 66.7 Å². The number of benzene rings is 3. The molecule has 0 heterocycles. The quantitative estimate of drug-likeness (QED) is 0.605. The second-order valence-corrected chi connectivity index (χ2v) is 6.30. The van der Waals surface area contributed by atoms with Gasteiger partial charge in [0, 0.05) is 11.8 Å². The first-order chi connectivity index (χ1) is 14.0. The monoisotopic (exact) mass is 391 g/mol. The minimum absolute atomic E-state index is 0.351. The topological polar surface area (TPSA) is 84.9 Å². The number of ether oxygens (including phenoxy) is 2. The zero-order valence-corrected chi connectivity index (χ0v) is 15.9. The molecule has 2 N–H and O–H groups in total. The third kappa shape index (κ3) is 4.62. The van der Waals surface area contributed by atoms with Crippen LogP contribution in [0.5, 0.6) is 5.75 Å². The van der Waals surface area contributed by atoms with Gasteiger partial charge >= 0.3 is 5.97 Å². The molecule has 0 aliphatic carbocycles. The van der Waals surface area contributed by atoms with Crippen molar-refractivity contribution in [3.63, 3.8) is 0 Å². The highest BCUT2D eigenvalue weighted by Crippen LogP contribution is 2.31. The van der Waals surface area contributed by atoms with Crippen molar-refractivity contribution in [1.29, 1.82) is 0 Å². The molecule has 1 amide bonds. The van der Waals surface area contributed by atoms with Crippen LogP contribution in [0.1, 0.15) is 11.1 Å². The number of carbonyl (C=O) groups is 2. The number of aliphatic hydroxyl groups is 1. The molecule has 148 valence electrons. The number of rotatable bonds is 7. The third-order valence-electron chi connectivity index (χ3n) is 4.37. The lowest BCUT2D eigenvalue weighted by atomic mass is 9.86. The van der Waals surface area contributed by atoms with Crippen LogP contribution in [-0.4, -0.2) is 30.7 Å². The molecule has 0 atom stereocenters. The molecule has 6 heteroatoms. The lowest BCUT2D eigenvalue weighted by molar-refractivity contribution is -0.163. The van der Waals surface area contributed by atoms with Crippen molar-refractivity contribution in [3.8, 4) is 5.75 Å². The van der Waals surface area contributed by atoms with Crippen molar-refractivity contribution >= 4 is 17.6 Å². The minimum atomic E-state index is -2.03. The summed E-state index contributed by atoms with van der Waals surface area (Å²) >= 11 is 0. The van der Waals surface area contributed by atoms with Gasteiger partial charge in [0.05, 0.1) is 7.11 Å². The molecule has 0 fully saturated rings. The number of anilines is 1. The van der Waals surface area contributed by atoms with Crippen LogP contribution in [0.2, 0.25) is 0 Å². The SMILES string of the molecule is COc1cccc(NC(=O)COC(=O)C(O)(c2ccccc2)c2ccccc2)c1. The van der Waals surface area contributed by atoms with Crippen molar-refractivity contribution in [3.05, 3.63) is 96.1 Å². The highest BCUT2D eigenvalue weighted by molar-refractivity contribution is 5.94. The molecule has 29 heavy (non-hydrogen) atoms. The first kappa shape index (κ1) is 20.1. The fourth-order valence-corrected chi connectivity index (χ4v) is 2.89. The van der Waals surface area contributed by atoms with E-state index in [1.807, 2.05) is 0 Å². The average molecular weight is 391 g/mol. The summed E-state index contributed by atoms with van der Waals surface area (Å²) in [4.78, 5) is 25.1. The summed E-state index contributed by atoms with van der Waals surface area (Å²) in [5.74, 6) is -0.881. The van der Waals surface area contributed by atoms with Crippen molar-refractivity contribution in [2.75, 3.05) is 19.0 Å². The normalized spacial score (nSPS) is 10.8. The molecule has 0 aromatic heterocycles. The van der Waals surface area contributed by atoms with E-state index in [1.54, 1.807) is 84.9 Å². The molecular formula is C23H21NO5. The molecule has 3 rings (SSSR count). The van der Waals surface area contributed by atoms with E-state index in [0.29, 0.717) is 22.6 Å². The number of nitrogens with one attached hydrogen (secondary N) is 1. The van der Waals surface area contributed by atoms with Gasteiger partial charge in [0.25, 0.3) is 5.91 Å². The summed E-state index contributed by atoms with van der Waals surface area (Å²) in [6, 6.07) is 23.7. The van der Waals surface area contributed by atoms with E-state index in [1.165, 1.54) is 7.11 Å². The summed E-state index contributed by atoms with van der Waals surface area (Å²) in [5, 5.41) is 13.9. The van der Waals surface area contributed by atoms with Gasteiger partial charge in [-0.15, -0.1) is 0 Å². The van der Waals surface area contributed by atoms with Gasteiger partial charge in [-0.3, -0.25) is 4.79 Å². The van der Waals surface area contributed by atoms with E-state index in [0.717, 1.165) is 0 Å². The van der Waals surface area contributed by atoms with Crippen LogP contribution in [0.25, 0.3) is 0 Å². The molecule has 6 nitrogen and oxygen atoms in total. The summed E-state index contributed by atoms with van der Waals surface area (Å²) in [7, 11) is 1.52. The standard InChI is InChI=1S/C23H21NO5/c1-28-20-14-8-13-19(15-20)24-21(25)16-29-22(26)23(27,17-9-4-2-5-10-17)18-11-6-3-7-12-18/h2-15,27H,16H2,1H3,(H,24,25). The van der Waals surface area contributed by atoms with Crippen LogP contribution in [0.3, 0.4) is 0 Å². The van der Waals surface area contributed by atoms with Crippen molar-refractivity contribution in [1.82, 2.24) is 0 Å². The van der Waals surface area contributed by atoms with E-state index in [-0.39, 0.29) is 0 Å². The summed E-state index contributed by atoms with van der Waals surface area (Å²) in [6.07, 6.45) is 0. The second-order valence-electron chi connectivity index (χ2n) is 6.30. The van der Waals surface area contributed by atoms with Gasteiger partial charge in [-0.25, -0.2) is 4.79 Å². The predicted molar refractivity (Wildman–Crippen MR) is 108 cm³/mol. The zero-order chi connectivity index (χ0) is 20.7.